The first-order chi connectivity index (χ1) is 13.8. The molecule has 0 aliphatic carbocycles. The van der Waals surface area contributed by atoms with Crippen LogP contribution in [0.4, 0.5) is 5.69 Å². The zero-order chi connectivity index (χ0) is 20.8. The fraction of sp³-hybridized carbons (Fsp3) is 0.364. The van der Waals surface area contributed by atoms with E-state index in [9.17, 15) is 9.59 Å². The van der Waals surface area contributed by atoms with E-state index in [1.165, 1.54) is 0 Å². The minimum atomic E-state index is -0.683. The summed E-state index contributed by atoms with van der Waals surface area (Å²) in [5.74, 6) is 0.000922. The van der Waals surface area contributed by atoms with E-state index < -0.39 is 11.5 Å². The molecule has 1 unspecified atom stereocenters. The quantitative estimate of drug-likeness (QED) is 0.809. The van der Waals surface area contributed by atoms with Crippen LogP contribution in [0.1, 0.15) is 24.0 Å². The van der Waals surface area contributed by atoms with Gasteiger partial charge in [0.15, 0.2) is 0 Å². The molecule has 1 saturated heterocycles. The second-order valence-corrected chi connectivity index (χ2v) is 8.68. The van der Waals surface area contributed by atoms with Crippen LogP contribution in [-0.4, -0.2) is 42.9 Å². The number of benzene rings is 2. The highest BCUT2D eigenvalue weighted by molar-refractivity contribution is 6.35. The lowest BCUT2D eigenvalue weighted by atomic mass is 9.73. The molecule has 0 bridgehead atoms. The lowest BCUT2D eigenvalue weighted by Gasteiger charge is -2.39. The summed E-state index contributed by atoms with van der Waals surface area (Å²) in [7, 11) is 1.82. The van der Waals surface area contributed by atoms with E-state index in [1.807, 2.05) is 31.3 Å². The van der Waals surface area contributed by atoms with Gasteiger partial charge in [-0.05, 0) is 48.6 Å². The number of para-hydroxylation sites is 1. The minimum Gasteiger partial charge on any atom is -0.341 e. The number of fused-ring (bicyclic) bond motifs is 2. The number of nitrogens with two attached hydrogens (primary N) is 1. The number of carbonyl (C=O) groups excluding carboxylic acids is 2. The summed E-state index contributed by atoms with van der Waals surface area (Å²) in [5.41, 5.74) is 8.49. The Morgan fingerprint density at radius 1 is 1.17 bits per heavy atom. The summed E-state index contributed by atoms with van der Waals surface area (Å²) < 4.78 is 0. The van der Waals surface area contributed by atoms with Gasteiger partial charge in [0.1, 0.15) is 0 Å². The van der Waals surface area contributed by atoms with Crippen LogP contribution in [0.2, 0.25) is 10.0 Å². The number of anilines is 1. The average Bonchev–Trinajstić information content (AvgIpc) is 2.93. The predicted octanol–water partition coefficient (Wildman–Crippen LogP) is 3.40. The zero-order valence-corrected chi connectivity index (χ0v) is 17.7. The lowest BCUT2D eigenvalue weighted by Crippen LogP contribution is -2.53. The number of nitrogens with zero attached hydrogens (tertiary/aromatic N) is 2. The van der Waals surface area contributed by atoms with Crippen molar-refractivity contribution in [1.82, 2.24) is 4.90 Å². The van der Waals surface area contributed by atoms with Crippen LogP contribution >= 0.6 is 23.2 Å². The first-order valence-corrected chi connectivity index (χ1v) is 10.4. The molecule has 2 aliphatic heterocycles. The van der Waals surface area contributed by atoms with Gasteiger partial charge in [-0.25, -0.2) is 0 Å². The Morgan fingerprint density at radius 3 is 2.55 bits per heavy atom. The Balaban J connectivity index is 1.46. The van der Waals surface area contributed by atoms with Crippen molar-refractivity contribution >= 4 is 40.7 Å². The Labute approximate surface area is 180 Å². The van der Waals surface area contributed by atoms with Gasteiger partial charge in [-0.1, -0.05) is 47.5 Å². The topological polar surface area (TPSA) is 66.6 Å². The molecular weight excluding hydrogens is 409 g/mol. The second-order valence-electron chi connectivity index (χ2n) is 7.84. The van der Waals surface area contributed by atoms with Gasteiger partial charge in [0, 0.05) is 35.9 Å². The molecule has 1 atom stereocenters. The van der Waals surface area contributed by atoms with Crippen molar-refractivity contribution in [3.05, 3.63) is 63.6 Å². The summed E-state index contributed by atoms with van der Waals surface area (Å²) in [4.78, 5) is 29.4. The van der Waals surface area contributed by atoms with Crippen molar-refractivity contribution in [2.24, 2.45) is 5.73 Å². The maximum absolute atomic E-state index is 13.0. The van der Waals surface area contributed by atoms with Crippen LogP contribution in [0, 0.1) is 0 Å². The van der Waals surface area contributed by atoms with Crippen LogP contribution in [0.25, 0.3) is 0 Å². The average molecular weight is 432 g/mol. The number of likely N-dealkylation sites (N-methyl/N-ethyl adjacent to an activating group) is 1. The number of rotatable bonds is 3. The first kappa shape index (κ1) is 20.2. The van der Waals surface area contributed by atoms with Crippen molar-refractivity contribution in [3.63, 3.8) is 0 Å². The molecule has 2 N–H and O–H groups in total. The fourth-order valence-corrected chi connectivity index (χ4v) is 5.04. The lowest BCUT2D eigenvalue weighted by molar-refractivity contribution is -0.136. The van der Waals surface area contributed by atoms with Crippen molar-refractivity contribution in [3.8, 4) is 0 Å². The number of likely N-dealkylation sites (tertiary alicyclic amines) is 1. The molecule has 1 fully saturated rings. The summed E-state index contributed by atoms with van der Waals surface area (Å²) in [6, 6.07) is 12.4. The molecular formula is C22H23Cl2N3O2. The standard InChI is InChI=1S/C22H23Cl2N3O2/c1-26-19-5-3-2-4-16(19)22(21(26)29)8-10-27(11-9-22)20(28)18(25)12-14-6-7-15(23)13-17(14)24/h2-7,13,18H,8-12,25H2,1H3. The largest absolute Gasteiger partial charge is 0.341 e. The van der Waals surface area contributed by atoms with Crippen LogP contribution in [-0.2, 0) is 21.4 Å². The van der Waals surface area contributed by atoms with Gasteiger partial charge >= 0.3 is 0 Å². The second kappa shape index (κ2) is 7.63. The molecule has 2 amide bonds. The highest BCUT2D eigenvalue weighted by Gasteiger charge is 2.51. The number of piperidine rings is 1. The van der Waals surface area contributed by atoms with Gasteiger partial charge in [0.25, 0.3) is 0 Å². The number of hydrogen-bond donors (Lipinski definition) is 1. The molecule has 152 valence electrons. The molecule has 0 saturated carbocycles. The molecule has 0 radical (unpaired) electrons. The van der Waals surface area contributed by atoms with Gasteiger partial charge in [0.05, 0.1) is 11.5 Å². The van der Waals surface area contributed by atoms with E-state index in [1.54, 1.807) is 28.0 Å². The molecule has 2 aromatic carbocycles. The minimum absolute atomic E-state index is 0.113. The zero-order valence-electron chi connectivity index (χ0n) is 16.2. The van der Waals surface area contributed by atoms with E-state index >= 15 is 0 Å². The van der Waals surface area contributed by atoms with Crippen LogP contribution in [0.5, 0.6) is 0 Å². The van der Waals surface area contributed by atoms with Crippen molar-refractivity contribution in [1.29, 1.82) is 0 Å². The molecule has 4 rings (SSSR count). The van der Waals surface area contributed by atoms with E-state index in [0.29, 0.717) is 42.4 Å². The fourth-order valence-electron chi connectivity index (χ4n) is 4.55. The maximum Gasteiger partial charge on any atom is 0.239 e. The Hall–Kier alpha value is -2.08. The van der Waals surface area contributed by atoms with Gasteiger partial charge in [0.2, 0.25) is 11.8 Å². The molecule has 2 heterocycles. The van der Waals surface area contributed by atoms with Crippen molar-refractivity contribution in [2.45, 2.75) is 30.7 Å². The third kappa shape index (κ3) is 3.41. The molecule has 7 heteroatoms. The maximum atomic E-state index is 13.0. The third-order valence-electron chi connectivity index (χ3n) is 6.20. The smallest absolute Gasteiger partial charge is 0.239 e. The van der Waals surface area contributed by atoms with Crippen molar-refractivity contribution in [2.75, 3.05) is 25.0 Å². The Kier molecular flexibility index (Phi) is 5.32. The van der Waals surface area contributed by atoms with Crippen LogP contribution in [0.3, 0.4) is 0 Å². The van der Waals surface area contributed by atoms with Crippen molar-refractivity contribution < 1.29 is 9.59 Å². The van der Waals surface area contributed by atoms with E-state index in [-0.39, 0.29) is 11.8 Å². The van der Waals surface area contributed by atoms with E-state index in [4.69, 9.17) is 28.9 Å². The Morgan fingerprint density at radius 2 is 1.86 bits per heavy atom. The summed E-state index contributed by atoms with van der Waals surface area (Å²) in [6.07, 6.45) is 1.56. The molecule has 0 aromatic heterocycles. The molecule has 5 nitrogen and oxygen atoms in total. The first-order valence-electron chi connectivity index (χ1n) is 9.69. The molecule has 2 aliphatic rings. The van der Waals surface area contributed by atoms with Crippen LogP contribution < -0.4 is 10.6 Å². The van der Waals surface area contributed by atoms with E-state index in [2.05, 4.69) is 0 Å². The Bertz CT molecular complexity index is 970. The highest BCUT2D eigenvalue weighted by Crippen LogP contribution is 2.47. The molecule has 29 heavy (non-hydrogen) atoms. The summed E-state index contributed by atoms with van der Waals surface area (Å²) in [6.45, 7) is 1.02. The van der Waals surface area contributed by atoms with Gasteiger partial charge < -0.3 is 15.5 Å². The summed E-state index contributed by atoms with van der Waals surface area (Å²) >= 11 is 12.1. The monoisotopic (exact) mass is 431 g/mol. The number of halogens is 2. The molecule has 1 spiro atoms. The predicted molar refractivity (Wildman–Crippen MR) is 115 cm³/mol. The highest BCUT2D eigenvalue weighted by atomic mass is 35.5. The van der Waals surface area contributed by atoms with Gasteiger partial charge in [-0.3, -0.25) is 9.59 Å². The van der Waals surface area contributed by atoms with Gasteiger partial charge in [-0.15, -0.1) is 0 Å². The molecule has 2 aromatic rings. The number of carbonyl (C=O) groups is 2. The number of amides is 2. The van der Waals surface area contributed by atoms with Gasteiger partial charge in [-0.2, -0.15) is 0 Å². The SMILES string of the molecule is CN1C(=O)C2(CCN(C(=O)C(N)Cc3ccc(Cl)cc3Cl)CC2)c2ccccc21. The van der Waals surface area contributed by atoms with E-state index in [0.717, 1.165) is 16.8 Å². The number of hydrogen-bond acceptors (Lipinski definition) is 3. The third-order valence-corrected chi connectivity index (χ3v) is 6.78. The van der Waals surface area contributed by atoms with Crippen LogP contribution in [0.15, 0.2) is 42.5 Å². The normalized spacial score (nSPS) is 18.8. The summed E-state index contributed by atoms with van der Waals surface area (Å²) in [5, 5.41) is 1.06.